The van der Waals surface area contributed by atoms with Gasteiger partial charge < -0.3 is 15.4 Å². The van der Waals surface area contributed by atoms with Crippen LogP contribution in [0.15, 0.2) is 18.3 Å². The topological polar surface area (TPSA) is 68.5 Å². The van der Waals surface area contributed by atoms with Crippen molar-refractivity contribution in [1.82, 2.24) is 4.98 Å². The van der Waals surface area contributed by atoms with E-state index in [0.717, 1.165) is 25.3 Å². The van der Waals surface area contributed by atoms with Gasteiger partial charge in [0.05, 0.1) is 12.2 Å². The molecule has 2 rings (SSSR count). The summed E-state index contributed by atoms with van der Waals surface area (Å²) in [6.07, 6.45) is 2.71. The summed E-state index contributed by atoms with van der Waals surface area (Å²) in [7, 11) is 0. The molecule has 20 heavy (non-hydrogen) atoms. The van der Waals surface area contributed by atoms with Crippen LogP contribution in [0.1, 0.15) is 30.6 Å². The van der Waals surface area contributed by atoms with E-state index in [2.05, 4.69) is 16.8 Å². The van der Waals surface area contributed by atoms with E-state index >= 15 is 0 Å². The Labute approximate surface area is 120 Å². The lowest BCUT2D eigenvalue weighted by Gasteiger charge is -2.37. The number of aromatic nitrogens is 1. The molecule has 0 aliphatic carbocycles. The molecule has 5 nitrogen and oxygen atoms in total. The van der Waals surface area contributed by atoms with Crippen LogP contribution in [-0.2, 0) is 4.74 Å². The monoisotopic (exact) mass is 277 g/mol. The highest BCUT2D eigenvalue weighted by atomic mass is 16.5. The lowest BCUT2D eigenvalue weighted by Crippen LogP contribution is -2.43. The summed E-state index contributed by atoms with van der Waals surface area (Å²) >= 11 is 0. The zero-order valence-electron chi connectivity index (χ0n) is 12.2. The molecule has 1 aliphatic rings. The average Bonchev–Trinajstić information content (AvgIpc) is 2.48. The molecule has 2 heterocycles. The van der Waals surface area contributed by atoms with E-state index in [0.29, 0.717) is 30.6 Å². The van der Waals surface area contributed by atoms with Crippen molar-refractivity contribution in [2.45, 2.75) is 20.3 Å². The number of anilines is 1. The largest absolute Gasteiger partial charge is 0.462 e. The predicted octanol–water partition coefficient (Wildman–Crippen LogP) is 1.68. The van der Waals surface area contributed by atoms with Crippen LogP contribution in [0.3, 0.4) is 0 Å². The molecule has 2 atom stereocenters. The van der Waals surface area contributed by atoms with Crippen LogP contribution >= 0.6 is 0 Å². The van der Waals surface area contributed by atoms with E-state index < -0.39 is 0 Å². The molecule has 0 bridgehead atoms. The molecule has 2 unspecified atom stereocenters. The zero-order chi connectivity index (χ0) is 14.5. The molecule has 2 N–H and O–H groups in total. The van der Waals surface area contributed by atoms with Crippen LogP contribution < -0.4 is 10.6 Å². The minimum atomic E-state index is -0.321. The molecule has 0 amide bonds. The molecular formula is C15H23N3O2. The van der Waals surface area contributed by atoms with Crippen LogP contribution in [0.4, 0.5) is 5.82 Å². The Morgan fingerprint density at radius 3 is 2.95 bits per heavy atom. The van der Waals surface area contributed by atoms with Gasteiger partial charge in [-0.1, -0.05) is 6.92 Å². The molecule has 1 aliphatic heterocycles. The summed E-state index contributed by atoms with van der Waals surface area (Å²) in [6, 6.07) is 3.66. The Morgan fingerprint density at radius 1 is 1.55 bits per heavy atom. The Bertz CT molecular complexity index is 447. The van der Waals surface area contributed by atoms with Gasteiger partial charge in [0.15, 0.2) is 0 Å². The zero-order valence-corrected chi connectivity index (χ0v) is 12.2. The van der Waals surface area contributed by atoms with Gasteiger partial charge in [-0.25, -0.2) is 9.78 Å². The fourth-order valence-corrected chi connectivity index (χ4v) is 2.57. The molecular weight excluding hydrogens is 254 g/mol. The van der Waals surface area contributed by atoms with E-state index in [1.165, 1.54) is 0 Å². The third kappa shape index (κ3) is 3.28. The first-order valence-electron chi connectivity index (χ1n) is 7.23. The molecule has 1 fully saturated rings. The van der Waals surface area contributed by atoms with Crippen molar-refractivity contribution in [2.24, 2.45) is 17.6 Å². The second-order valence-electron chi connectivity index (χ2n) is 5.33. The van der Waals surface area contributed by atoms with Crippen LogP contribution in [-0.4, -0.2) is 37.2 Å². The lowest BCUT2D eigenvalue weighted by molar-refractivity contribution is 0.0526. The maximum atomic E-state index is 11.6. The van der Waals surface area contributed by atoms with Crippen LogP contribution in [0.5, 0.6) is 0 Å². The first-order chi connectivity index (χ1) is 9.65. The van der Waals surface area contributed by atoms with Crippen molar-refractivity contribution in [1.29, 1.82) is 0 Å². The van der Waals surface area contributed by atoms with E-state index in [4.69, 9.17) is 10.5 Å². The number of hydrogen-bond donors (Lipinski definition) is 1. The third-order valence-corrected chi connectivity index (χ3v) is 4.00. The number of hydrogen-bond acceptors (Lipinski definition) is 5. The summed E-state index contributed by atoms with van der Waals surface area (Å²) in [5.74, 6) is 1.76. The molecule has 0 saturated carbocycles. The smallest absolute Gasteiger partial charge is 0.339 e. The van der Waals surface area contributed by atoms with Crippen LogP contribution in [0, 0.1) is 11.8 Å². The molecule has 0 aromatic carbocycles. The molecule has 1 saturated heterocycles. The quantitative estimate of drug-likeness (QED) is 0.848. The number of nitrogens with two attached hydrogens (primary N) is 1. The Morgan fingerprint density at radius 2 is 2.35 bits per heavy atom. The van der Waals surface area contributed by atoms with Crippen molar-refractivity contribution >= 4 is 11.8 Å². The van der Waals surface area contributed by atoms with Gasteiger partial charge in [0.25, 0.3) is 0 Å². The van der Waals surface area contributed by atoms with Gasteiger partial charge >= 0.3 is 5.97 Å². The molecule has 1 aromatic rings. The second kappa shape index (κ2) is 6.70. The normalized spacial score (nSPS) is 22.6. The first-order valence-corrected chi connectivity index (χ1v) is 7.23. The lowest BCUT2D eigenvalue weighted by atomic mass is 9.87. The number of rotatable bonds is 4. The summed E-state index contributed by atoms with van der Waals surface area (Å²) in [6.45, 7) is 7.06. The fraction of sp³-hybridized carbons (Fsp3) is 0.600. The van der Waals surface area contributed by atoms with Gasteiger partial charge in [-0.3, -0.25) is 0 Å². The fourth-order valence-electron chi connectivity index (χ4n) is 2.57. The molecule has 1 aromatic heterocycles. The van der Waals surface area contributed by atoms with Crippen molar-refractivity contribution in [3.63, 3.8) is 0 Å². The average molecular weight is 277 g/mol. The molecule has 0 radical (unpaired) electrons. The summed E-state index contributed by atoms with van der Waals surface area (Å²) in [5.41, 5.74) is 6.32. The minimum Gasteiger partial charge on any atom is -0.462 e. The van der Waals surface area contributed by atoms with Gasteiger partial charge in [0.2, 0.25) is 0 Å². The predicted molar refractivity (Wildman–Crippen MR) is 78.7 cm³/mol. The number of nitrogens with zero attached hydrogens (tertiary/aromatic N) is 2. The van der Waals surface area contributed by atoms with Crippen molar-refractivity contribution in [3.05, 3.63) is 23.9 Å². The van der Waals surface area contributed by atoms with Gasteiger partial charge in [-0.15, -0.1) is 0 Å². The molecule has 0 spiro atoms. The maximum absolute atomic E-state index is 11.6. The van der Waals surface area contributed by atoms with Crippen LogP contribution in [0.25, 0.3) is 0 Å². The second-order valence-corrected chi connectivity index (χ2v) is 5.33. The standard InChI is InChI=1S/C15H23N3O2/c1-3-20-15(19)12-4-5-14(17-9-12)18-7-6-11(2)13(8-16)10-18/h4-5,9,11,13H,3,6-8,10,16H2,1-2H3. The first kappa shape index (κ1) is 14.8. The Balaban J connectivity index is 2.04. The number of carbonyl (C=O) groups is 1. The number of ether oxygens (including phenoxy) is 1. The van der Waals surface area contributed by atoms with E-state index in [-0.39, 0.29) is 5.97 Å². The summed E-state index contributed by atoms with van der Waals surface area (Å²) < 4.78 is 4.95. The SMILES string of the molecule is CCOC(=O)c1ccc(N2CCC(C)C(CN)C2)nc1. The van der Waals surface area contributed by atoms with Gasteiger partial charge in [-0.05, 0) is 43.9 Å². The highest BCUT2D eigenvalue weighted by Crippen LogP contribution is 2.25. The van der Waals surface area contributed by atoms with Crippen LogP contribution in [0.2, 0.25) is 0 Å². The van der Waals surface area contributed by atoms with E-state index in [1.807, 2.05) is 6.07 Å². The minimum absolute atomic E-state index is 0.321. The maximum Gasteiger partial charge on any atom is 0.339 e. The van der Waals surface area contributed by atoms with Gasteiger partial charge in [0, 0.05) is 19.3 Å². The Kier molecular flexibility index (Phi) is 4.95. The summed E-state index contributed by atoms with van der Waals surface area (Å²) in [5, 5.41) is 0. The van der Waals surface area contributed by atoms with Crippen molar-refractivity contribution in [3.8, 4) is 0 Å². The van der Waals surface area contributed by atoms with Gasteiger partial charge in [-0.2, -0.15) is 0 Å². The number of carbonyl (C=O) groups excluding carboxylic acids is 1. The van der Waals surface area contributed by atoms with E-state index in [9.17, 15) is 4.79 Å². The molecule has 110 valence electrons. The summed E-state index contributed by atoms with van der Waals surface area (Å²) in [4.78, 5) is 18.2. The van der Waals surface area contributed by atoms with E-state index in [1.54, 1.807) is 19.2 Å². The molecule has 5 heteroatoms. The highest BCUT2D eigenvalue weighted by molar-refractivity contribution is 5.89. The Hall–Kier alpha value is -1.62. The van der Waals surface area contributed by atoms with Gasteiger partial charge in [0.1, 0.15) is 5.82 Å². The number of pyridine rings is 1. The van der Waals surface area contributed by atoms with Crippen molar-refractivity contribution in [2.75, 3.05) is 31.1 Å². The number of esters is 1. The third-order valence-electron chi connectivity index (χ3n) is 4.00. The van der Waals surface area contributed by atoms with Crippen molar-refractivity contribution < 1.29 is 9.53 Å². The number of piperidine rings is 1. The highest BCUT2D eigenvalue weighted by Gasteiger charge is 2.25.